The molecule has 0 saturated heterocycles. The Morgan fingerprint density at radius 3 is 1.23 bits per heavy atom. The highest BCUT2D eigenvalue weighted by Gasteiger charge is 2.34. The third-order valence-electron chi connectivity index (χ3n) is 13.7. The van der Waals surface area contributed by atoms with Crippen LogP contribution < -0.4 is 0 Å². The fourth-order valence-corrected chi connectivity index (χ4v) is 13.2. The van der Waals surface area contributed by atoms with Crippen molar-refractivity contribution in [2.75, 3.05) is 0 Å². The summed E-state index contributed by atoms with van der Waals surface area (Å²) in [5.41, 5.74) is 14.2. The van der Waals surface area contributed by atoms with Gasteiger partial charge in [0.1, 0.15) is 0 Å². The number of benzene rings is 7. The summed E-state index contributed by atoms with van der Waals surface area (Å²) in [7, 11) is 0. The van der Waals surface area contributed by atoms with Gasteiger partial charge in [0.25, 0.3) is 0 Å². The molecule has 0 aliphatic carbocycles. The first-order valence-electron chi connectivity index (χ1n) is 20.8. The molecule has 8 heteroatoms. The molecule has 15 aromatic rings. The van der Waals surface area contributed by atoms with E-state index in [1.807, 2.05) is 22.7 Å². The van der Waals surface area contributed by atoms with Crippen LogP contribution >= 0.6 is 22.7 Å². The molecule has 6 nitrogen and oxygen atoms in total. The van der Waals surface area contributed by atoms with E-state index < -0.39 is 0 Å². The number of nitrogens with zero attached hydrogens (tertiary/aromatic N) is 6. The van der Waals surface area contributed by atoms with Crippen molar-refractivity contribution < 1.29 is 0 Å². The summed E-state index contributed by atoms with van der Waals surface area (Å²) in [6.07, 6.45) is 0. The van der Waals surface area contributed by atoms with Crippen LogP contribution in [-0.2, 0) is 10.8 Å². The minimum atomic E-state index is -0.0361. The van der Waals surface area contributed by atoms with E-state index in [-0.39, 0.29) is 10.8 Å². The molecule has 0 saturated carbocycles. The molecule has 60 heavy (non-hydrogen) atoms. The van der Waals surface area contributed by atoms with Crippen LogP contribution in [0.4, 0.5) is 0 Å². The van der Waals surface area contributed by atoms with Gasteiger partial charge in [-0.2, -0.15) is 0 Å². The lowest BCUT2D eigenvalue weighted by atomic mass is 9.86. The highest BCUT2D eigenvalue weighted by molar-refractivity contribution is 7.26. The molecular weight excluding hydrogens is 773 g/mol. The van der Waals surface area contributed by atoms with Gasteiger partial charge >= 0.3 is 0 Å². The minimum Gasteiger partial charge on any atom is -0.277 e. The predicted molar refractivity (Wildman–Crippen MR) is 256 cm³/mol. The summed E-state index contributed by atoms with van der Waals surface area (Å²) in [5.74, 6) is 1.92. The fraction of sp³-hybridized carbons (Fsp3) is 0.154. The molecule has 0 spiro atoms. The molecule has 0 fully saturated rings. The van der Waals surface area contributed by atoms with E-state index in [9.17, 15) is 0 Å². The van der Waals surface area contributed by atoms with Crippen molar-refractivity contribution in [2.45, 2.75) is 52.4 Å². The second-order valence-corrected chi connectivity index (χ2v) is 21.3. The molecule has 0 aliphatic rings. The molecule has 0 atom stereocenters. The summed E-state index contributed by atoms with van der Waals surface area (Å²) < 4.78 is 15.2. The van der Waals surface area contributed by atoms with Crippen LogP contribution in [0.3, 0.4) is 0 Å². The van der Waals surface area contributed by atoms with Crippen LogP contribution in [-0.4, -0.2) is 27.6 Å². The van der Waals surface area contributed by atoms with Gasteiger partial charge in [0.15, 0.2) is 0 Å². The van der Waals surface area contributed by atoms with Gasteiger partial charge in [-0.25, -0.2) is 9.97 Å². The first kappa shape index (κ1) is 32.4. The van der Waals surface area contributed by atoms with Crippen LogP contribution in [0.2, 0.25) is 0 Å². The van der Waals surface area contributed by atoms with E-state index in [0.717, 1.165) is 22.6 Å². The van der Waals surface area contributed by atoms with Gasteiger partial charge in [-0.3, -0.25) is 17.6 Å². The summed E-state index contributed by atoms with van der Waals surface area (Å²) in [6.45, 7) is 13.9. The van der Waals surface area contributed by atoms with Crippen molar-refractivity contribution in [3.63, 3.8) is 0 Å². The number of hydrogen-bond donors (Lipinski definition) is 0. The lowest BCUT2D eigenvalue weighted by Crippen LogP contribution is -2.10. The Balaban J connectivity index is 1.31. The molecule has 15 rings (SSSR count). The largest absolute Gasteiger partial charge is 0.277 e. The quantitative estimate of drug-likeness (QED) is 0.153. The maximum Gasteiger partial charge on any atom is 0.220 e. The Labute approximate surface area is 349 Å². The summed E-state index contributed by atoms with van der Waals surface area (Å²) in [4.78, 5) is 11.2. The minimum absolute atomic E-state index is 0.0361. The standard InChI is InChI=1S/C52H36N6S2/c1-51(2,3)25-15-19-33-29(23-25)41-45-48(58-44-32(53-49(58)55(33)45)18-22-38-40(44)28-12-8-10-14-36(28)60-38)42-30-24-26(52(4,5)6)16-20-34(30)56-46(42)47(41)57-43-31(54-50(56)57)17-21-37-39(43)27-11-7-9-13-35(27)59-37/h7-24H,1-6H3. The lowest BCUT2D eigenvalue weighted by Gasteiger charge is -2.19. The average molecular weight is 809 g/mol. The van der Waals surface area contributed by atoms with Gasteiger partial charge in [-0.15, -0.1) is 22.7 Å². The number of aromatic nitrogens is 6. The monoisotopic (exact) mass is 808 g/mol. The van der Waals surface area contributed by atoms with E-state index in [1.54, 1.807) is 0 Å². The Morgan fingerprint density at radius 2 is 0.800 bits per heavy atom. The molecule has 8 aromatic heterocycles. The van der Waals surface area contributed by atoms with E-state index in [4.69, 9.17) is 9.97 Å². The molecule has 0 bridgehead atoms. The van der Waals surface area contributed by atoms with E-state index in [2.05, 4.69) is 168 Å². The van der Waals surface area contributed by atoms with Crippen LogP contribution in [0, 0.1) is 0 Å². The van der Waals surface area contributed by atoms with Crippen molar-refractivity contribution in [2.24, 2.45) is 0 Å². The van der Waals surface area contributed by atoms with Crippen molar-refractivity contribution in [3.8, 4) is 0 Å². The van der Waals surface area contributed by atoms with E-state index in [0.29, 0.717) is 0 Å². The van der Waals surface area contributed by atoms with Crippen LogP contribution in [0.1, 0.15) is 52.7 Å². The molecular formula is C52H36N6S2. The molecule has 8 heterocycles. The van der Waals surface area contributed by atoms with Crippen LogP contribution in [0.5, 0.6) is 0 Å². The van der Waals surface area contributed by atoms with Crippen molar-refractivity contribution in [1.29, 1.82) is 0 Å². The molecule has 286 valence electrons. The van der Waals surface area contributed by atoms with Crippen molar-refractivity contribution >= 4 is 151 Å². The van der Waals surface area contributed by atoms with Crippen molar-refractivity contribution in [1.82, 2.24) is 27.6 Å². The highest BCUT2D eigenvalue weighted by atomic mass is 32.1. The highest BCUT2D eigenvalue weighted by Crippen LogP contribution is 2.52. The number of fused-ring (bicyclic) bond motifs is 26. The van der Waals surface area contributed by atoms with Crippen LogP contribution in [0.25, 0.3) is 129 Å². The first-order valence-corrected chi connectivity index (χ1v) is 22.5. The normalized spacial score (nSPS) is 13.8. The third-order valence-corrected chi connectivity index (χ3v) is 16.0. The Kier molecular flexibility index (Phi) is 5.45. The third kappa shape index (κ3) is 3.58. The first-order chi connectivity index (χ1) is 29.0. The van der Waals surface area contributed by atoms with Gasteiger partial charge in [-0.1, -0.05) is 90.1 Å². The fourth-order valence-electron chi connectivity index (χ4n) is 11.0. The molecule has 0 aliphatic heterocycles. The maximum absolute atomic E-state index is 5.62. The zero-order valence-electron chi connectivity index (χ0n) is 33.9. The van der Waals surface area contributed by atoms with Gasteiger partial charge in [0, 0.05) is 61.9 Å². The van der Waals surface area contributed by atoms with Gasteiger partial charge in [-0.05, 0) is 82.6 Å². The van der Waals surface area contributed by atoms with Gasteiger partial charge < -0.3 is 0 Å². The second-order valence-electron chi connectivity index (χ2n) is 19.1. The Morgan fingerprint density at radius 1 is 0.383 bits per heavy atom. The smallest absolute Gasteiger partial charge is 0.220 e. The molecule has 0 N–H and O–H groups in total. The number of thiophene rings is 2. The van der Waals surface area contributed by atoms with Crippen molar-refractivity contribution in [3.05, 3.63) is 120 Å². The SMILES string of the molecule is CC(C)(C)c1ccc2c(c1)c1c3c(c4c5cc(C(C)(C)C)ccc5n5c4c1n1c4c(ccc6sc7ccccc7c64)nc51)n1c4c(ccc5sc6ccccc6c54)nc1n23. The zero-order chi connectivity index (χ0) is 39.9. The van der Waals surface area contributed by atoms with Gasteiger partial charge in [0.05, 0.1) is 55.2 Å². The number of rotatable bonds is 0. The summed E-state index contributed by atoms with van der Waals surface area (Å²) >= 11 is 3.74. The van der Waals surface area contributed by atoms with E-state index >= 15 is 0 Å². The molecule has 0 radical (unpaired) electrons. The Hall–Kier alpha value is -6.48. The topological polar surface area (TPSA) is 43.4 Å². The van der Waals surface area contributed by atoms with Gasteiger partial charge in [0.2, 0.25) is 11.6 Å². The zero-order valence-corrected chi connectivity index (χ0v) is 35.5. The molecule has 7 aromatic carbocycles. The van der Waals surface area contributed by atoms with Crippen LogP contribution in [0.15, 0.2) is 109 Å². The Bertz CT molecular complexity index is 4150. The number of hydrogen-bond acceptors (Lipinski definition) is 4. The maximum atomic E-state index is 5.62. The average Bonchev–Trinajstić information content (AvgIpc) is 4.09. The molecule has 0 unspecified atom stereocenters. The van der Waals surface area contributed by atoms with E-state index in [1.165, 1.54) is 117 Å². The molecule has 0 amide bonds. The lowest BCUT2D eigenvalue weighted by molar-refractivity contribution is 0.591. The number of imidazole rings is 4. The summed E-state index contributed by atoms with van der Waals surface area (Å²) in [5, 5.41) is 10.2. The summed E-state index contributed by atoms with van der Waals surface area (Å²) in [6, 6.07) is 41.1. The second kappa shape index (κ2) is 10.1. The predicted octanol–water partition coefficient (Wildman–Crippen LogP) is 14.6.